The van der Waals surface area contributed by atoms with Crippen LogP contribution in [-0.2, 0) is 4.79 Å². The van der Waals surface area contributed by atoms with Gasteiger partial charge >= 0.3 is 0 Å². The van der Waals surface area contributed by atoms with Gasteiger partial charge in [-0.05, 0) is 50.2 Å². The third-order valence-corrected chi connectivity index (χ3v) is 5.27. The monoisotopic (exact) mass is 398 g/mol. The van der Waals surface area contributed by atoms with Gasteiger partial charge in [-0.2, -0.15) is 0 Å². The van der Waals surface area contributed by atoms with E-state index in [1.807, 2.05) is 32.3 Å². The number of carbonyl (C=O) groups excluding carboxylic acids is 1. The molecule has 0 radical (unpaired) electrons. The number of aryl methyl sites for hydroxylation is 1. The lowest BCUT2D eigenvalue weighted by molar-refractivity contribution is -0.123. The van der Waals surface area contributed by atoms with E-state index in [0.717, 1.165) is 5.56 Å². The first kappa shape index (κ1) is 22.8. The number of benzene rings is 2. The Labute approximate surface area is 175 Å². The van der Waals surface area contributed by atoms with E-state index in [1.54, 1.807) is 14.2 Å². The van der Waals surface area contributed by atoms with Gasteiger partial charge in [0.1, 0.15) is 0 Å². The minimum absolute atomic E-state index is 0.0196. The van der Waals surface area contributed by atoms with Gasteiger partial charge in [0.25, 0.3) is 0 Å². The smallest absolute Gasteiger partial charge is 0.227 e. The fourth-order valence-electron chi connectivity index (χ4n) is 3.58. The second-order valence-electron chi connectivity index (χ2n) is 7.97. The van der Waals surface area contributed by atoms with Crippen molar-refractivity contribution in [2.75, 3.05) is 34.9 Å². The number of carbonyl (C=O) groups is 1. The van der Waals surface area contributed by atoms with Crippen LogP contribution in [0.1, 0.15) is 42.5 Å². The second-order valence-corrected chi connectivity index (χ2v) is 7.97. The Morgan fingerprint density at radius 3 is 2.07 bits per heavy atom. The van der Waals surface area contributed by atoms with E-state index >= 15 is 0 Å². The summed E-state index contributed by atoms with van der Waals surface area (Å²) in [6, 6.07) is 14.3. The molecular formula is C24H34N2O3. The lowest BCUT2D eigenvalue weighted by Crippen LogP contribution is -2.38. The first-order valence-corrected chi connectivity index (χ1v) is 10.0. The third-order valence-electron chi connectivity index (χ3n) is 5.27. The summed E-state index contributed by atoms with van der Waals surface area (Å²) in [7, 11) is 7.28. The van der Waals surface area contributed by atoms with Gasteiger partial charge in [-0.15, -0.1) is 0 Å². The largest absolute Gasteiger partial charge is 0.493 e. The molecule has 0 fully saturated rings. The van der Waals surface area contributed by atoms with Crippen LogP contribution in [0.4, 0.5) is 0 Å². The van der Waals surface area contributed by atoms with Gasteiger partial charge in [-0.3, -0.25) is 4.79 Å². The van der Waals surface area contributed by atoms with Crippen LogP contribution in [0.15, 0.2) is 42.5 Å². The highest BCUT2D eigenvalue weighted by atomic mass is 16.5. The number of nitrogens with one attached hydrogen (secondary N) is 1. The summed E-state index contributed by atoms with van der Waals surface area (Å²) in [5.41, 5.74) is 3.34. The molecule has 0 aromatic heterocycles. The van der Waals surface area contributed by atoms with Crippen molar-refractivity contribution in [2.24, 2.45) is 5.92 Å². The van der Waals surface area contributed by atoms with E-state index in [0.29, 0.717) is 18.0 Å². The summed E-state index contributed by atoms with van der Waals surface area (Å²) in [5, 5.41) is 3.17. The standard InChI is InChI=1S/C24H34N2O3/c1-16(2)23(19-12-13-21(28-6)22(14-19)29-7)24(27)25-15-20(26(4)5)18-10-8-17(3)9-11-18/h8-14,16,20,23H,15H2,1-7H3,(H,25,27). The maximum atomic E-state index is 13.2. The predicted octanol–water partition coefficient (Wildman–Crippen LogP) is 4.17. The van der Waals surface area contributed by atoms with Crippen molar-refractivity contribution >= 4 is 5.91 Å². The van der Waals surface area contributed by atoms with E-state index < -0.39 is 0 Å². The van der Waals surface area contributed by atoms with Crippen LogP contribution in [0.25, 0.3) is 0 Å². The van der Waals surface area contributed by atoms with Crippen LogP contribution in [0, 0.1) is 12.8 Å². The van der Waals surface area contributed by atoms with Gasteiger partial charge in [0.2, 0.25) is 5.91 Å². The fourth-order valence-corrected chi connectivity index (χ4v) is 3.58. The number of amides is 1. The molecule has 2 unspecified atom stereocenters. The Morgan fingerprint density at radius 1 is 0.966 bits per heavy atom. The van der Waals surface area contributed by atoms with Crippen molar-refractivity contribution in [2.45, 2.75) is 32.7 Å². The maximum Gasteiger partial charge on any atom is 0.227 e. The summed E-state index contributed by atoms with van der Waals surface area (Å²) < 4.78 is 10.7. The molecule has 0 saturated heterocycles. The van der Waals surface area contributed by atoms with Crippen molar-refractivity contribution in [3.05, 3.63) is 59.2 Å². The predicted molar refractivity (Wildman–Crippen MR) is 118 cm³/mol. The average Bonchev–Trinajstić information content (AvgIpc) is 2.68. The summed E-state index contributed by atoms with van der Waals surface area (Å²) in [4.78, 5) is 15.3. The number of nitrogens with zero attached hydrogens (tertiary/aromatic N) is 1. The van der Waals surface area contributed by atoms with E-state index in [-0.39, 0.29) is 23.8 Å². The Hall–Kier alpha value is -2.53. The van der Waals surface area contributed by atoms with E-state index in [4.69, 9.17) is 9.47 Å². The van der Waals surface area contributed by atoms with Gasteiger partial charge in [-0.1, -0.05) is 49.7 Å². The first-order chi connectivity index (χ1) is 13.8. The Morgan fingerprint density at radius 2 is 1.55 bits per heavy atom. The van der Waals surface area contributed by atoms with E-state index in [1.165, 1.54) is 11.1 Å². The third kappa shape index (κ3) is 5.73. The van der Waals surface area contributed by atoms with Crippen LogP contribution in [0.2, 0.25) is 0 Å². The van der Waals surface area contributed by atoms with Crippen LogP contribution in [-0.4, -0.2) is 45.7 Å². The SMILES string of the molecule is COc1ccc(C(C(=O)NCC(c2ccc(C)cc2)N(C)C)C(C)C)cc1OC. The minimum atomic E-state index is -0.268. The molecular weight excluding hydrogens is 364 g/mol. The molecule has 0 aliphatic rings. The van der Waals surface area contributed by atoms with Crippen LogP contribution >= 0.6 is 0 Å². The molecule has 0 heterocycles. The number of likely N-dealkylation sites (N-methyl/N-ethyl adjacent to an activating group) is 1. The summed E-state index contributed by atoms with van der Waals surface area (Å²) in [5.74, 6) is 1.19. The fraction of sp³-hybridized carbons (Fsp3) is 0.458. The van der Waals surface area contributed by atoms with Gasteiger partial charge in [0.15, 0.2) is 11.5 Å². The van der Waals surface area contributed by atoms with Crippen molar-refractivity contribution in [3.8, 4) is 11.5 Å². The Kier molecular flexibility index (Phi) is 8.09. The number of hydrogen-bond donors (Lipinski definition) is 1. The molecule has 1 N–H and O–H groups in total. The number of ether oxygens (including phenoxy) is 2. The lowest BCUT2D eigenvalue weighted by atomic mass is 9.87. The van der Waals surface area contributed by atoms with Gasteiger partial charge in [0, 0.05) is 6.54 Å². The molecule has 2 aromatic carbocycles. The number of rotatable bonds is 9. The molecule has 1 amide bonds. The zero-order chi connectivity index (χ0) is 21.6. The van der Waals surface area contributed by atoms with Crippen LogP contribution < -0.4 is 14.8 Å². The van der Waals surface area contributed by atoms with E-state index in [2.05, 4.69) is 55.3 Å². The topological polar surface area (TPSA) is 50.8 Å². The molecule has 0 aliphatic heterocycles. The van der Waals surface area contributed by atoms with Crippen molar-refractivity contribution in [1.82, 2.24) is 10.2 Å². The Bertz CT molecular complexity index is 800. The van der Waals surface area contributed by atoms with Gasteiger partial charge in [0.05, 0.1) is 26.2 Å². The van der Waals surface area contributed by atoms with Gasteiger partial charge in [-0.25, -0.2) is 0 Å². The van der Waals surface area contributed by atoms with Crippen molar-refractivity contribution in [1.29, 1.82) is 0 Å². The average molecular weight is 399 g/mol. The van der Waals surface area contributed by atoms with Crippen LogP contribution in [0.5, 0.6) is 11.5 Å². The first-order valence-electron chi connectivity index (χ1n) is 10.0. The maximum absolute atomic E-state index is 13.2. The second kappa shape index (κ2) is 10.3. The molecule has 0 spiro atoms. The lowest BCUT2D eigenvalue weighted by Gasteiger charge is -2.27. The molecule has 5 nitrogen and oxygen atoms in total. The van der Waals surface area contributed by atoms with Crippen molar-refractivity contribution in [3.63, 3.8) is 0 Å². The number of methoxy groups -OCH3 is 2. The number of hydrogen-bond acceptors (Lipinski definition) is 4. The molecule has 29 heavy (non-hydrogen) atoms. The molecule has 158 valence electrons. The van der Waals surface area contributed by atoms with Gasteiger partial charge < -0.3 is 19.7 Å². The summed E-state index contributed by atoms with van der Waals surface area (Å²) >= 11 is 0. The quantitative estimate of drug-likeness (QED) is 0.689. The molecule has 2 aromatic rings. The molecule has 5 heteroatoms. The zero-order valence-electron chi connectivity index (χ0n) is 18.7. The Balaban J connectivity index is 2.19. The normalized spacial score (nSPS) is 13.3. The zero-order valence-corrected chi connectivity index (χ0v) is 18.7. The highest BCUT2D eigenvalue weighted by Gasteiger charge is 2.26. The highest BCUT2D eigenvalue weighted by Crippen LogP contribution is 2.33. The molecule has 0 saturated carbocycles. The highest BCUT2D eigenvalue weighted by molar-refractivity contribution is 5.84. The molecule has 0 bridgehead atoms. The minimum Gasteiger partial charge on any atom is -0.493 e. The van der Waals surface area contributed by atoms with E-state index in [9.17, 15) is 4.79 Å². The van der Waals surface area contributed by atoms with Crippen molar-refractivity contribution < 1.29 is 14.3 Å². The summed E-state index contributed by atoms with van der Waals surface area (Å²) in [6.07, 6.45) is 0. The molecule has 2 rings (SSSR count). The molecule has 2 atom stereocenters. The molecule has 0 aliphatic carbocycles. The van der Waals surface area contributed by atoms with Crippen LogP contribution in [0.3, 0.4) is 0 Å². The summed E-state index contributed by atoms with van der Waals surface area (Å²) in [6.45, 7) is 6.74.